The van der Waals surface area contributed by atoms with Crippen LogP contribution in [0.1, 0.15) is 5.56 Å². The highest BCUT2D eigenvalue weighted by Gasteiger charge is 2.13. The topological polar surface area (TPSA) is 79.0 Å². The Kier molecular flexibility index (Phi) is 7.14. The summed E-state index contributed by atoms with van der Waals surface area (Å²) in [4.78, 5) is 14.8. The molecule has 1 amide bonds. The molecule has 1 aromatic carbocycles. The van der Waals surface area contributed by atoms with Gasteiger partial charge >= 0.3 is 0 Å². The fourth-order valence-electron chi connectivity index (χ4n) is 1.85. The lowest BCUT2D eigenvalue weighted by Crippen LogP contribution is -2.39. The smallest absolute Gasteiger partial charge is 0.236 e. The van der Waals surface area contributed by atoms with E-state index in [1.165, 1.54) is 4.90 Å². The highest BCUT2D eigenvalue weighted by atomic mass is 16.5. The van der Waals surface area contributed by atoms with Gasteiger partial charge in [0.15, 0.2) is 0 Å². The maximum atomic E-state index is 11.6. The fraction of sp³-hybridized carbons (Fsp3) is 0.533. The highest BCUT2D eigenvalue weighted by Crippen LogP contribution is 2.17. The Morgan fingerprint density at radius 2 is 2.00 bits per heavy atom. The first-order valence-electron chi connectivity index (χ1n) is 6.91. The van der Waals surface area contributed by atoms with Crippen LogP contribution >= 0.6 is 0 Å². The number of hydrogen-bond donors (Lipinski definition) is 2. The van der Waals surface area contributed by atoms with E-state index < -0.39 is 6.10 Å². The zero-order chi connectivity index (χ0) is 15.8. The van der Waals surface area contributed by atoms with Gasteiger partial charge in [-0.15, -0.1) is 0 Å². The first kappa shape index (κ1) is 17.4. The van der Waals surface area contributed by atoms with Crippen LogP contribution in [0.15, 0.2) is 24.3 Å². The average molecular weight is 295 g/mol. The number of nitrogens with two attached hydrogens (primary N) is 1. The molecule has 0 aliphatic heterocycles. The molecule has 0 aliphatic carbocycles. The molecule has 0 heterocycles. The molecular weight excluding hydrogens is 270 g/mol. The van der Waals surface area contributed by atoms with E-state index in [1.807, 2.05) is 24.3 Å². The predicted molar refractivity (Wildman–Crippen MR) is 82.0 cm³/mol. The summed E-state index contributed by atoms with van der Waals surface area (Å²) in [6, 6.07) is 7.48. The molecule has 6 heteroatoms. The summed E-state index contributed by atoms with van der Waals surface area (Å²) in [5.41, 5.74) is 6.53. The zero-order valence-corrected chi connectivity index (χ0v) is 13.0. The maximum absolute atomic E-state index is 11.6. The number of nitrogens with zero attached hydrogens (tertiary/aromatic N) is 2. The van der Waals surface area contributed by atoms with Gasteiger partial charge in [-0.2, -0.15) is 0 Å². The second kappa shape index (κ2) is 8.61. The number of likely N-dealkylation sites (N-methyl/N-ethyl adjacent to an activating group) is 2. The van der Waals surface area contributed by atoms with Crippen LogP contribution in [0.5, 0.6) is 5.75 Å². The molecule has 6 nitrogen and oxygen atoms in total. The van der Waals surface area contributed by atoms with E-state index in [2.05, 4.69) is 0 Å². The van der Waals surface area contributed by atoms with Gasteiger partial charge in [-0.3, -0.25) is 9.69 Å². The summed E-state index contributed by atoms with van der Waals surface area (Å²) in [5, 5.41) is 9.97. The molecule has 1 unspecified atom stereocenters. The minimum absolute atomic E-state index is 0.000837. The number of aliphatic hydroxyl groups excluding tert-OH is 1. The van der Waals surface area contributed by atoms with Gasteiger partial charge in [0.05, 0.1) is 6.54 Å². The number of hydrogen-bond acceptors (Lipinski definition) is 5. The van der Waals surface area contributed by atoms with Crippen molar-refractivity contribution in [3.8, 4) is 5.75 Å². The van der Waals surface area contributed by atoms with Crippen LogP contribution in [0.25, 0.3) is 0 Å². The van der Waals surface area contributed by atoms with E-state index in [4.69, 9.17) is 10.5 Å². The summed E-state index contributed by atoms with van der Waals surface area (Å²) < 4.78 is 5.59. The Hall–Kier alpha value is -1.63. The van der Waals surface area contributed by atoms with Gasteiger partial charge in [-0.25, -0.2) is 0 Å². The third-order valence-electron chi connectivity index (χ3n) is 3.05. The van der Waals surface area contributed by atoms with Gasteiger partial charge in [-0.05, 0) is 13.1 Å². The van der Waals surface area contributed by atoms with Gasteiger partial charge < -0.3 is 20.5 Å². The van der Waals surface area contributed by atoms with Crippen molar-refractivity contribution in [2.24, 2.45) is 5.73 Å². The number of benzene rings is 1. The molecule has 1 atom stereocenters. The zero-order valence-electron chi connectivity index (χ0n) is 13.0. The van der Waals surface area contributed by atoms with Crippen molar-refractivity contribution in [3.63, 3.8) is 0 Å². The van der Waals surface area contributed by atoms with E-state index in [0.717, 1.165) is 5.56 Å². The van der Waals surface area contributed by atoms with Crippen molar-refractivity contribution in [2.75, 3.05) is 40.8 Å². The third-order valence-corrected chi connectivity index (χ3v) is 3.05. The van der Waals surface area contributed by atoms with Crippen LogP contribution in [0.2, 0.25) is 0 Å². The molecule has 0 saturated heterocycles. The lowest BCUT2D eigenvalue weighted by molar-refractivity contribution is -0.129. The average Bonchev–Trinajstić information content (AvgIpc) is 2.45. The number of carbonyl (C=O) groups is 1. The summed E-state index contributed by atoms with van der Waals surface area (Å²) >= 11 is 0. The van der Waals surface area contributed by atoms with E-state index in [9.17, 15) is 9.90 Å². The Morgan fingerprint density at radius 1 is 1.33 bits per heavy atom. The summed E-state index contributed by atoms with van der Waals surface area (Å²) in [5.74, 6) is 0.685. The number of rotatable bonds is 8. The number of ether oxygens (including phenoxy) is 1. The normalized spacial score (nSPS) is 12.3. The molecule has 0 fully saturated rings. The van der Waals surface area contributed by atoms with E-state index in [1.54, 1.807) is 26.0 Å². The molecule has 3 N–H and O–H groups in total. The molecule has 0 aliphatic rings. The quantitative estimate of drug-likeness (QED) is 0.700. The second-order valence-corrected chi connectivity index (χ2v) is 5.26. The predicted octanol–water partition coefficient (Wildman–Crippen LogP) is -0.0950. The maximum Gasteiger partial charge on any atom is 0.236 e. The number of para-hydroxylation sites is 1. The van der Waals surface area contributed by atoms with Gasteiger partial charge in [0.25, 0.3) is 0 Å². The molecular formula is C15H25N3O3. The molecule has 0 radical (unpaired) electrons. The molecule has 1 aromatic rings. The summed E-state index contributed by atoms with van der Waals surface area (Å²) in [7, 11) is 5.21. The Morgan fingerprint density at radius 3 is 2.62 bits per heavy atom. The lowest BCUT2D eigenvalue weighted by Gasteiger charge is -2.22. The van der Waals surface area contributed by atoms with Crippen molar-refractivity contribution in [1.29, 1.82) is 0 Å². The van der Waals surface area contributed by atoms with Gasteiger partial charge in [0.2, 0.25) is 5.91 Å². The van der Waals surface area contributed by atoms with Crippen molar-refractivity contribution in [2.45, 2.75) is 12.6 Å². The fourth-order valence-corrected chi connectivity index (χ4v) is 1.85. The van der Waals surface area contributed by atoms with Gasteiger partial charge in [0, 0.05) is 32.7 Å². The van der Waals surface area contributed by atoms with Crippen LogP contribution in [0.4, 0.5) is 0 Å². The molecule has 0 saturated carbocycles. The van der Waals surface area contributed by atoms with E-state index in [-0.39, 0.29) is 19.1 Å². The first-order valence-corrected chi connectivity index (χ1v) is 6.91. The minimum Gasteiger partial charge on any atom is -0.491 e. The molecule has 118 valence electrons. The number of aliphatic hydroxyl groups is 1. The van der Waals surface area contributed by atoms with Crippen LogP contribution in [-0.2, 0) is 11.3 Å². The minimum atomic E-state index is -0.671. The molecule has 0 spiro atoms. The number of amides is 1. The Labute approximate surface area is 126 Å². The van der Waals surface area contributed by atoms with Crippen LogP contribution < -0.4 is 10.5 Å². The van der Waals surface area contributed by atoms with E-state index in [0.29, 0.717) is 18.8 Å². The van der Waals surface area contributed by atoms with Gasteiger partial charge in [0.1, 0.15) is 18.5 Å². The van der Waals surface area contributed by atoms with Crippen LogP contribution in [0, 0.1) is 0 Å². The van der Waals surface area contributed by atoms with Crippen molar-refractivity contribution < 1.29 is 14.6 Å². The molecule has 0 bridgehead atoms. The van der Waals surface area contributed by atoms with Gasteiger partial charge in [-0.1, -0.05) is 18.2 Å². The van der Waals surface area contributed by atoms with Crippen molar-refractivity contribution in [1.82, 2.24) is 9.80 Å². The monoisotopic (exact) mass is 295 g/mol. The molecule has 0 aromatic heterocycles. The Bertz CT molecular complexity index is 452. The Balaban J connectivity index is 2.40. The molecule has 1 rings (SSSR count). The SMILES string of the molecule is CN(CC(=O)N(C)C)CC(O)COc1ccccc1CN. The lowest BCUT2D eigenvalue weighted by atomic mass is 10.2. The molecule has 21 heavy (non-hydrogen) atoms. The second-order valence-electron chi connectivity index (χ2n) is 5.26. The van der Waals surface area contributed by atoms with Crippen molar-refractivity contribution in [3.05, 3.63) is 29.8 Å². The largest absolute Gasteiger partial charge is 0.491 e. The first-order chi connectivity index (χ1) is 9.93. The van der Waals surface area contributed by atoms with Crippen LogP contribution in [0.3, 0.4) is 0 Å². The third kappa shape index (κ3) is 6.12. The van der Waals surface area contributed by atoms with Crippen LogP contribution in [-0.4, -0.2) is 67.8 Å². The summed E-state index contributed by atoms with van der Waals surface area (Å²) in [6.07, 6.45) is -0.671. The summed E-state index contributed by atoms with van der Waals surface area (Å²) in [6.45, 7) is 1.19. The standard InChI is InChI=1S/C15H25N3O3/c1-17(2)15(20)10-18(3)9-13(19)11-21-14-7-5-4-6-12(14)8-16/h4-7,13,19H,8-11,16H2,1-3H3. The van der Waals surface area contributed by atoms with Crippen molar-refractivity contribution >= 4 is 5.91 Å². The highest BCUT2D eigenvalue weighted by molar-refractivity contribution is 5.77. The van der Waals surface area contributed by atoms with E-state index >= 15 is 0 Å². The number of carbonyl (C=O) groups excluding carboxylic acids is 1.